The van der Waals surface area contributed by atoms with E-state index in [1.54, 1.807) is 17.8 Å². The molecule has 0 bridgehead atoms. The van der Waals surface area contributed by atoms with E-state index in [4.69, 9.17) is 11.0 Å². The minimum absolute atomic E-state index is 0.394. The molecule has 0 aromatic heterocycles. The lowest BCUT2D eigenvalue weighted by atomic mass is 10.1. The molecule has 0 spiro atoms. The zero-order valence-electron chi connectivity index (χ0n) is 9.66. The number of nitrogens with one attached hydrogen (secondary N) is 1. The molecule has 1 aromatic carbocycles. The number of anilines is 2. The first-order chi connectivity index (χ1) is 7.71. The van der Waals surface area contributed by atoms with Gasteiger partial charge in [0, 0.05) is 17.5 Å². The molecule has 4 heteroatoms. The van der Waals surface area contributed by atoms with E-state index < -0.39 is 0 Å². The molecule has 1 atom stereocenters. The van der Waals surface area contributed by atoms with E-state index in [0.29, 0.717) is 17.3 Å². The quantitative estimate of drug-likeness (QED) is 0.770. The van der Waals surface area contributed by atoms with Crippen LogP contribution in [-0.4, -0.2) is 18.1 Å². The number of nitrogens with two attached hydrogens (primary N) is 1. The summed E-state index contributed by atoms with van der Waals surface area (Å²) in [7, 11) is 0. The summed E-state index contributed by atoms with van der Waals surface area (Å²) in [6.45, 7) is 2.14. The molecule has 1 aromatic rings. The van der Waals surface area contributed by atoms with Crippen LogP contribution in [-0.2, 0) is 0 Å². The Morgan fingerprint density at radius 1 is 1.56 bits per heavy atom. The third kappa shape index (κ3) is 3.35. The van der Waals surface area contributed by atoms with Gasteiger partial charge in [0.1, 0.15) is 6.07 Å². The van der Waals surface area contributed by atoms with Gasteiger partial charge in [-0.25, -0.2) is 0 Å². The van der Waals surface area contributed by atoms with Crippen molar-refractivity contribution in [1.82, 2.24) is 0 Å². The van der Waals surface area contributed by atoms with Gasteiger partial charge in [-0.3, -0.25) is 0 Å². The highest BCUT2D eigenvalue weighted by Crippen LogP contribution is 2.20. The highest BCUT2D eigenvalue weighted by Gasteiger charge is 2.08. The van der Waals surface area contributed by atoms with Gasteiger partial charge < -0.3 is 11.1 Å². The first-order valence-electron chi connectivity index (χ1n) is 5.26. The molecule has 1 unspecified atom stereocenters. The number of hydrogen-bond donors (Lipinski definition) is 2. The highest BCUT2D eigenvalue weighted by molar-refractivity contribution is 7.98. The molecule has 1 rings (SSSR count). The van der Waals surface area contributed by atoms with Crippen LogP contribution in [0.5, 0.6) is 0 Å². The van der Waals surface area contributed by atoms with Crippen molar-refractivity contribution in [3.8, 4) is 6.07 Å². The molecule has 0 aliphatic carbocycles. The molecular weight excluding hydrogens is 218 g/mol. The second kappa shape index (κ2) is 6.29. The fourth-order valence-corrected chi connectivity index (χ4v) is 2.18. The van der Waals surface area contributed by atoms with E-state index in [1.165, 1.54) is 0 Å². The van der Waals surface area contributed by atoms with Crippen LogP contribution in [0.15, 0.2) is 18.2 Å². The van der Waals surface area contributed by atoms with E-state index in [2.05, 4.69) is 24.6 Å². The summed E-state index contributed by atoms with van der Waals surface area (Å²) in [5, 5.41) is 12.4. The van der Waals surface area contributed by atoms with Crippen molar-refractivity contribution in [2.75, 3.05) is 23.1 Å². The maximum absolute atomic E-state index is 9.01. The lowest BCUT2D eigenvalue weighted by Gasteiger charge is -2.18. The van der Waals surface area contributed by atoms with E-state index in [-0.39, 0.29) is 0 Å². The molecule has 16 heavy (non-hydrogen) atoms. The Morgan fingerprint density at radius 3 is 2.88 bits per heavy atom. The van der Waals surface area contributed by atoms with Crippen molar-refractivity contribution in [1.29, 1.82) is 5.26 Å². The van der Waals surface area contributed by atoms with Crippen molar-refractivity contribution < 1.29 is 0 Å². The maximum Gasteiger partial charge on any atom is 0.101 e. The van der Waals surface area contributed by atoms with E-state index in [0.717, 1.165) is 17.9 Å². The SMILES string of the molecule is CCC(CSC)Nc1ccc(N)cc1C#N. The molecule has 0 saturated heterocycles. The fraction of sp³-hybridized carbons (Fsp3) is 0.417. The predicted octanol–water partition coefficient (Wildman–Crippen LogP) is 2.69. The number of nitrogen functional groups attached to an aromatic ring is 1. The molecular formula is C12H17N3S. The van der Waals surface area contributed by atoms with Crippen molar-refractivity contribution in [2.45, 2.75) is 19.4 Å². The van der Waals surface area contributed by atoms with E-state index in [1.807, 2.05) is 12.1 Å². The third-order valence-corrected chi connectivity index (χ3v) is 3.12. The number of rotatable bonds is 5. The minimum Gasteiger partial charge on any atom is -0.399 e. The first-order valence-corrected chi connectivity index (χ1v) is 6.65. The van der Waals surface area contributed by atoms with Gasteiger partial charge in [0.25, 0.3) is 0 Å². The van der Waals surface area contributed by atoms with Gasteiger partial charge in [0.15, 0.2) is 0 Å². The monoisotopic (exact) mass is 235 g/mol. The normalized spacial score (nSPS) is 11.8. The maximum atomic E-state index is 9.01. The Labute approximate surface area is 101 Å². The summed E-state index contributed by atoms with van der Waals surface area (Å²) in [6, 6.07) is 7.94. The van der Waals surface area contributed by atoms with Gasteiger partial charge in [-0.15, -0.1) is 0 Å². The second-order valence-electron chi connectivity index (χ2n) is 3.62. The van der Waals surface area contributed by atoms with Crippen molar-refractivity contribution in [3.63, 3.8) is 0 Å². The zero-order chi connectivity index (χ0) is 12.0. The largest absolute Gasteiger partial charge is 0.399 e. The third-order valence-electron chi connectivity index (χ3n) is 2.38. The Hall–Kier alpha value is -1.34. The molecule has 0 saturated carbocycles. The van der Waals surface area contributed by atoms with Crippen molar-refractivity contribution in [3.05, 3.63) is 23.8 Å². The Kier molecular flexibility index (Phi) is 5.00. The summed E-state index contributed by atoms with van der Waals surface area (Å²) >= 11 is 1.80. The molecule has 0 aliphatic heterocycles. The first kappa shape index (κ1) is 12.7. The van der Waals surface area contributed by atoms with Crippen LogP contribution < -0.4 is 11.1 Å². The summed E-state index contributed by atoms with van der Waals surface area (Å²) in [5.74, 6) is 1.03. The van der Waals surface area contributed by atoms with Gasteiger partial charge in [-0.1, -0.05) is 6.92 Å². The van der Waals surface area contributed by atoms with Crippen LogP contribution in [0.3, 0.4) is 0 Å². The average Bonchev–Trinajstić information content (AvgIpc) is 2.30. The van der Waals surface area contributed by atoms with Crippen molar-refractivity contribution in [2.24, 2.45) is 0 Å². The van der Waals surface area contributed by atoms with Gasteiger partial charge in [-0.05, 0) is 30.9 Å². The predicted molar refractivity (Wildman–Crippen MR) is 71.7 cm³/mol. The second-order valence-corrected chi connectivity index (χ2v) is 4.53. The molecule has 0 aliphatic rings. The zero-order valence-corrected chi connectivity index (χ0v) is 10.5. The Bertz CT molecular complexity index is 384. The Balaban J connectivity index is 2.83. The fourth-order valence-electron chi connectivity index (χ4n) is 1.46. The number of benzene rings is 1. The van der Waals surface area contributed by atoms with E-state index in [9.17, 15) is 0 Å². The molecule has 0 fully saturated rings. The van der Waals surface area contributed by atoms with E-state index >= 15 is 0 Å². The van der Waals surface area contributed by atoms with Crippen LogP contribution in [0.4, 0.5) is 11.4 Å². The minimum atomic E-state index is 0.394. The van der Waals surface area contributed by atoms with Crippen LogP contribution >= 0.6 is 11.8 Å². The standard InChI is InChI=1S/C12H17N3S/c1-3-11(8-16-2)15-12-5-4-10(14)6-9(12)7-13/h4-6,11,15H,3,8,14H2,1-2H3. The van der Waals surface area contributed by atoms with Gasteiger partial charge in [-0.2, -0.15) is 17.0 Å². The van der Waals surface area contributed by atoms with Gasteiger partial charge in [0.2, 0.25) is 0 Å². The number of hydrogen-bond acceptors (Lipinski definition) is 4. The van der Waals surface area contributed by atoms with Gasteiger partial charge in [0.05, 0.1) is 11.3 Å². The summed E-state index contributed by atoms with van der Waals surface area (Å²) in [5.41, 5.74) is 7.75. The van der Waals surface area contributed by atoms with Gasteiger partial charge >= 0.3 is 0 Å². The molecule has 0 radical (unpaired) electrons. The lowest BCUT2D eigenvalue weighted by Crippen LogP contribution is -2.21. The number of nitriles is 1. The molecule has 3 N–H and O–H groups in total. The lowest BCUT2D eigenvalue weighted by molar-refractivity contribution is 0.774. The van der Waals surface area contributed by atoms with Crippen molar-refractivity contribution >= 4 is 23.1 Å². The summed E-state index contributed by atoms with van der Waals surface area (Å²) in [6.07, 6.45) is 3.12. The average molecular weight is 235 g/mol. The molecule has 86 valence electrons. The molecule has 0 heterocycles. The van der Waals surface area contributed by atoms with Crippen LogP contribution in [0, 0.1) is 11.3 Å². The molecule has 3 nitrogen and oxygen atoms in total. The summed E-state index contributed by atoms with van der Waals surface area (Å²) < 4.78 is 0. The number of thioether (sulfide) groups is 1. The topological polar surface area (TPSA) is 61.8 Å². The highest BCUT2D eigenvalue weighted by atomic mass is 32.2. The summed E-state index contributed by atoms with van der Waals surface area (Å²) in [4.78, 5) is 0. The molecule has 0 amide bonds. The number of nitrogens with zero attached hydrogens (tertiary/aromatic N) is 1. The van der Waals surface area contributed by atoms with Crippen LogP contribution in [0.2, 0.25) is 0 Å². The van der Waals surface area contributed by atoms with Crippen LogP contribution in [0.1, 0.15) is 18.9 Å². The van der Waals surface area contributed by atoms with Crippen LogP contribution in [0.25, 0.3) is 0 Å². The smallest absolute Gasteiger partial charge is 0.101 e. The Morgan fingerprint density at radius 2 is 2.31 bits per heavy atom.